The van der Waals surface area contributed by atoms with Crippen LogP contribution in [-0.4, -0.2) is 60.2 Å². The molecule has 10 heteroatoms. The topological polar surface area (TPSA) is 98.8 Å². The molecule has 2 aromatic rings. The number of nitrogens with zero attached hydrogens (tertiary/aromatic N) is 2. The molecule has 4 amide bonds. The molecule has 0 bridgehead atoms. The summed E-state index contributed by atoms with van der Waals surface area (Å²) in [6, 6.07) is 9.39. The van der Waals surface area contributed by atoms with E-state index in [0.717, 1.165) is 18.5 Å². The Morgan fingerprint density at radius 3 is 2.25 bits per heavy atom. The predicted octanol–water partition coefficient (Wildman–Crippen LogP) is 3.70. The molecular formula is C26H31ClN4O4S. The van der Waals surface area contributed by atoms with E-state index in [4.69, 9.17) is 11.6 Å². The van der Waals surface area contributed by atoms with Crippen molar-refractivity contribution in [2.75, 3.05) is 24.5 Å². The highest BCUT2D eigenvalue weighted by molar-refractivity contribution is 7.18. The minimum Gasteiger partial charge on any atom is -0.345 e. The van der Waals surface area contributed by atoms with Crippen molar-refractivity contribution in [2.45, 2.75) is 51.6 Å². The molecule has 4 rings (SSSR count). The third-order valence-electron chi connectivity index (χ3n) is 6.45. The first-order valence-electron chi connectivity index (χ1n) is 12.3. The first-order chi connectivity index (χ1) is 17.2. The average Bonchev–Trinajstić information content (AvgIpc) is 3.45. The number of nitrogens with one attached hydrogen (secondary N) is 2. The predicted molar refractivity (Wildman–Crippen MR) is 141 cm³/mol. The van der Waals surface area contributed by atoms with Crippen LogP contribution in [0.4, 0.5) is 5.69 Å². The normalized spacial score (nSPS) is 20.1. The molecule has 2 atom stereocenters. The number of carbonyl (C=O) groups excluding carboxylic acids is 4. The molecule has 2 aliphatic rings. The van der Waals surface area contributed by atoms with Gasteiger partial charge in [0.25, 0.3) is 11.8 Å². The second-order valence-electron chi connectivity index (χ2n) is 9.71. The Labute approximate surface area is 220 Å². The van der Waals surface area contributed by atoms with Gasteiger partial charge in [0, 0.05) is 43.7 Å². The van der Waals surface area contributed by atoms with Crippen LogP contribution < -0.4 is 15.5 Å². The van der Waals surface area contributed by atoms with Crippen molar-refractivity contribution in [1.29, 1.82) is 0 Å². The summed E-state index contributed by atoms with van der Waals surface area (Å²) >= 11 is 7.15. The average molecular weight is 531 g/mol. The lowest BCUT2D eigenvalue weighted by Gasteiger charge is -2.27. The van der Waals surface area contributed by atoms with Gasteiger partial charge in [-0.2, -0.15) is 0 Å². The van der Waals surface area contributed by atoms with Gasteiger partial charge in [-0.3, -0.25) is 19.2 Å². The van der Waals surface area contributed by atoms with E-state index in [9.17, 15) is 19.2 Å². The maximum atomic E-state index is 13.1. The molecule has 36 heavy (non-hydrogen) atoms. The second kappa shape index (κ2) is 11.4. The van der Waals surface area contributed by atoms with Gasteiger partial charge in [-0.1, -0.05) is 25.4 Å². The highest BCUT2D eigenvalue weighted by Crippen LogP contribution is 2.23. The Morgan fingerprint density at radius 1 is 1.00 bits per heavy atom. The molecule has 1 aromatic carbocycles. The van der Waals surface area contributed by atoms with Crippen molar-refractivity contribution in [3.05, 3.63) is 51.2 Å². The monoisotopic (exact) mass is 530 g/mol. The number of likely N-dealkylation sites (tertiary alicyclic amines) is 1. The third-order valence-corrected chi connectivity index (χ3v) is 7.68. The van der Waals surface area contributed by atoms with E-state index in [2.05, 4.69) is 10.6 Å². The standard InChI is InChI=1S/C26H31ClN4O4S/c1-16(2)13-24(33)30-14-19(20(15-30)29-26(35)21-10-11-22(27)36-21)28-25(34)17-6-8-18(9-7-17)31-12-4-3-5-23(31)32/h6-11,16,19-20H,3-5,12-15H2,1-2H3,(H,28,34)(H,29,35)/t19-,20-/m1/s1. The van der Waals surface area contributed by atoms with Crippen molar-refractivity contribution in [1.82, 2.24) is 15.5 Å². The number of thiophene rings is 1. The van der Waals surface area contributed by atoms with Crippen molar-refractivity contribution in [3.63, 3.8) is 0 Å². The van der Waals surface area contributed by atoms with Crippen LogP contribution in [0.25, 0.3) is 0 Å². The van der Waals surface area contributed by atoms with Crippen molar-refractivity contribution < 1.29 is 19.2 Å². The zero-order valence-electron chi connectivity index (χ0n) is 20.5. The van der Waals surface area contributed by atoms with E-state index in [1.807, 2.05) is 13.8 Å². The number of halogens is 1. The number of amides is 4. The van der Waals surface area contributed by atoms with E-state index in [1.54, 1.807) is 46.2 Å². The lowest BCUT2D eigenvalue weighted by Crippen LogP contribution is -2.50. The van der Waals surface area contributed by atoms with Gasteiger partial charge in [-0.05, 0) is 55.2 Å². The van der Waals surface area contributed by atoms with Gasteiger partial charge in [0.1, 0.15) is 0 Å². The van der Waals surface area contributed by atoms with Crippen LogP contribution in [0.2, 0.25) is 4.34 Å². The fourth-order valence-electron chi connectivity index (χ4n) is 4.58. The first kappa shape index (κ1) is 26.2. The van der Waals surface area contributed by atoms with Crippen LogP contribution in [-0.2, 0) is 9.59 Å². The molecule has 0 spiro atoms. The van der Waals surface area contributed by atoms with Crippen molar-refractivity contribution >= 4 is 52.3 Å². The summed E-state index contributed by atoms with van der Waals surface area (Å²) in [6.07, 6.45) is 2.82. The lowest BCUT2D eigenvalue weighted by atomic mass is 10.1. The zero-order valence-corrected chi connectivity index (χ0v) is 22.0. The molecule has 0 aliphatic carbocycles. The number of anilines is 1. The lowest BCUT2D eigenvalue weighted by molar-refractivity contribution is -0.131. The molecule has 1 aromatic heterocycles. The van der Waals surface area contributed by atoms with E-state index < -0.39 is 12.1 Å². The Hall–Kier alpha value is -2.91. The van der Waals surface area contributed by atoms with E-state index in [0.29, 0.717) is 47.3 Å². The van der Waals surface area contributed by atoms with Crippen LogP contribution in [0.15, 0.2) is 36.4 Å². The first-order valence-corrected chi connectivity index (χ1v) is 13.5. The Bertz CT molecular complexity index is 1130. The fourth-order valence-corrected chi connectivity index (χ4v) is 5.52. The summed E-state index contributed by atoms with van der Waals surface area (Å²) in [5.41, 5.74) is 1.23. The summed E-state index contributed by atoms with van der Waals surface area (Å²) < 4.78 is 0.514. The van der Waals surface area contributed by atoms with Gasteiger partial charge < -0.3 is 20.4 Å². The van der Waals surface area contributed by atoms with Crippen LogP contribution in [0.5, 0.6) is 0 Å². The van der Waals surface area contributed by atoms with E-state index >= 15 is 0 Å². The molecule has 0 unspecified atom stereocenters. The molecule has 2 N–H and O–H groups in total. The molecule has 2 aliphatic heterocycles. The summed E-state index contributed by atoms with van der Waals surface area (Å²) in [4.78, 5) is 54.7. The van der Waals surface area contributed by atoms with Gasteiger partial charge in [0.05, 0.1) is 21.3 Å². The fraction of sp³-hybridized carbons (Fsp3) is 0.462. The minimum absolute atomic E-state index is 0.00397. The van der Waals surface area contributed by atoms with Crippen molar-refractivity contribution in [3.8, 4) is 0 Å². The number of benzene rings is 1. The molecular weight excluding hydrogens is 500 g/mol. The Balaban J connectivity index is 1.45. The number of piperidine rings is 1. The molecule has 2 fully saturated rings. The Kier molecular flexibility index (Phi) is 8.31. The minimum atomic E-state index is -0.448. The van der Waals surface area contributed by atoms with Gasteiger partial charge in [0.2, 0.25) is 11.8 Å². The number of rotatable bonds is 7. The maximum absolute atomic E-state index is 13.1. The van der Waals surface area contributed by atoms with Crippen LogP contribution >= 0.6 is 22.9 Å². The number of carbonyl (C=O) groups is 4. The third kappa shape index (κ3) is 6.25. The van der Waals surface area contributed by atoms with Crippen LogP contribution in [0.3, 0.4) is 0 Å². The van der Waals surface area contributed by atoms with Gasteiger partial charge in [-0.15, -0.1) is 11.3 Å². The molecule has 8 nitrogen and oxygen atoms in total. The SMILES string of the molecule is CC(C)CC(=O)N1C[C@@H](NC(=O)c2ccc(N3CCCCC3=O)cc2)[C@H](NC(=O)c2ccc(Cl)s2)C1. The second-order valence-corrected chi connectivity index (χ2v) is 11.4. The van der Waals surface area contributed by atoms with Gasteiger partial charge in [-0.25, -0.2) is 0 Å². The number of hydrogen-bond donors (Lipinski definition) is 2. The Morgan fingerprint density at radius 2 is 1.67 bits per heavy atom. The van der Waals surface area contributed by atoms with Crippen LogP contribution in [0.1, 0.15) is 59.6 Å². The van der Waals surface area contributed by atoms with Crippen LogP contribution in [0, 0.1) is 5.92 Å². The molecule has 0 radical (unpaired) electrons. The summed E-state index contributed by atoms with van der Waals surface area (Å²) in [5, 5.41) is 5.97. The molecule has 3 heterocycles. The maximum Gasteiger partial charge on any atom is 0.261 e. The number of hydrogen-bond acceptors (Lipinski definition) is 5. The largest absolute Gasteiger partial charge is 0.345 e. The zero-order chi connectivity index (χ0) is 25.8. The summed E-state index contributed by atoms with van der Waals surface area (Å²) in [7, 11) is 0. The van der Waals surface area contributed by atoms with Gasteiger partial charge >= 0.3 is 0 Å². The summed E-state index contributed by atoms with van der Waals surface area (Å²) in [5.74, 6) is -0.285. The van der Waals surface area contributed by atoms with E-state index in [1.165, 1.54) is 11.3 Å². The smallest absolute Gasteiger partial charge is 0.261 e. The van der Waals surface area contributed by atoms with E-state index in [-0.39, 0.29) is 29.5 Å². The van der Waals surface area contributed by atoms with Crippen molar-refractivity contribution in [2.24, 2.45) is 5.92 Å². The molecule has 2 saturated heterocycles. The molecule has 0 saturated carbocycles. The summed E-state index contributed by atoms with van der Waals surface area (Å²) in [6.45, 7) is 5.27. The highest BCUT2D eigenvalue weighted by Gasteiger charge is 2.37. The van der Waals surface area contributed by atoms with Gasteiger partial charge in [0.15, 0.2) is 0 Å². The quantitative estimate of drug-likeness (QED) is 0.570. The highest BCUT2D eigenvalue weighted by atomic mass is 35.5. The molecule has 192 valence electrons.